The van der Waals surface area contributed by atoms with E-state index in [0.717, 1.165) is 0 Å². The normalized spacial score (nSPS) is 10.4. The number of carbonyl (C=O) groups is 1. The summed E-state index contributed by atoms with van der Waals surface area (Å²) in [6, 6.07) is 4.29. The highest BCUT2D eigenvalue weighted by Crippen LogP contribution is 2.26. The van der Waals surface area contributed by atoms with Gasteiger partial charge < -0.3 is 0 Å². The second kappa shape index (κ2) is 4.13. The van der Waals surface area contributed by atoms with Crippen LogP contribution in [0.4, 0.5) is 4.39 Å². The first-order valence-electron chi connectivity index (χ1n) is 4.43. The van der Waals surface area contributed by atoms with Gasteiger partial charge >= 0.3 is 0 Å². The molecule has 0 spiro atoms. The molecule has 0 fully saturated rings. The number of carbonyl (C=O) groups excluding carboxylic acids is 1. The zero-order valence-electron chi connectivity index (χ0n) is 8.32. The van der Waals surface area contributed by atoms with Crippen LogP contribution in [-0.2, 0) is 7.05 Å². The second-order valence-corrected chi connectivity index (χ2v) is 3.96. The monoisotopic (exact) mass is 283 g/mol. The molecule has 16 heavy (non-hydrogen) atoms. The molecule has 4 nitrogen and oxygen atoms in total. The van der Waals surface area contributed by atoms with Gasteiger partial charge in [-0.1, -0.05) is 5.21 Å². The molecule has 1 aromatic heterocycles. The van der Waals surface area contributed by atoms with E-state index < -0.39 is 5.82 Å². The Morgan fingerprint density at radius 1 is 1.50 bits per heavy atom. The average Bonchev–Trinajstić information content (AvgIpc) is 2.60. The van der Waals surface area contributed by atoms with Crippen molar-refractivity contribution in [2.75, 3.05) is 0 Å². The molecule has 0 saturated carbocycles. The summed E-state index contributed by atoms with van der Waals surface area (Å²) in [5.74, 6) is -0.537. The molecule has 0 radical (unpaired) electrons. The fourth-order valence-corrected chi connectivity index (χ4v) is 1.98. The molecule has 0 amide bonds. The highest BCUT2D eigenvalue weighted by molar-refractivity contribution is 9.10. The van der Waals surface area contributed by atoms with E-state index in [-0.39, 0.29) is 5.56 Å². The number of aromatic nitrogens is 3. The van der Waals surface area contributed by atoms with Crippen LogP contribution in [0.25, 0.3) is 11.3 Å². The van der Waals surface area contributed by atoms with Crippen molar-refractivity contribution in [2.45, 2.75) is 0 Å². The lowest BCUT2D eigenvalue weighted by Gasteiger charge is -2.03. The van der Waals surface area contributed by atoms with Crippen LogP contribution in [0.5, 0.6) is 0 Å². The first-order chi connectivity index (χ1) is 7.63. The van der Waals surface area contributed by atoms with Crippen molar-refractivity contribution in [3.05, 3.63) is 34.2 Å². The predicted octanol–water partition coefficient (Wildman–Crippen LogP) is 2.20. The fraction of sp³-hybridized carbons (Fsp3) is 0.100. The van der Waals surface area contributed by atoms with Crippen LogP contribution in [0, 0.1) is 5.82 Å². The highest BCUT2D eigenvalue weighted by Gasteiger charge is 2.12. The molecular weight excluding hydrogens is 277 g/mol. The van der Waals surface area contributed by atoms with Crippen LogP contribution in [0.1, 0.15) is 10.4 Å². The van der Waals surface area contributed by atoms with Gasteiger partial charge in [0, 0.05) is 12.6 Å². The fourth-order valence-electron chi connectivity index (χ4n) is 1.42. The third kappa shape index (κ3) is 1.76. The topological polar surface area (TPSA) is 47.8 Å². The molecule has 6 heteroatoms. The SMILES string of the molecule is Cn1nnc(Br)c1-c1ccc(F)c(C=O)c1. The molecule has 0 N–H and O–H groups in total. The van der Waals surface area contributed by atoms with E-state index in [0.29, 0.717) is 22.1 Å². The van der Waals surface area contributed by atoms with Crippen molar-refractivity contribution >= 4 is 22.2 Å². The maximum absolute atomic E-state index is 13.1. The molecule has 0 aliphatic rings. The number of rotatable bonds is 2. The lowest BCUT2D eigenvalue weighted by molar-refractivity contribution is 0.112. The van der Waals surface area contributed by atoms with Gasteiger partial charge in [0.2, 0.25) is 0 Å². The summed E-state index contributed by atoms with van der Waals surface area (Å²) in [4.78, 5) is 10.6. The van der Waals surface area contributed by atoms with E-state index in [1.165, 1.54) is 12.1 Å². The Bertz CT molecular complexity index is 533. The van der Waals surface area contributed by atoms with Crippen LogP contribution < -0.4 is 0 Å². The van der Waals surface area contributed by atoms with Crippen molar-refractivity contribution in [3.8, 4) is 11.3 Å². The van der Waals surface area contributed by atoms with Crippen molar-refractivity contribution in [1.82, 2.24) is 15.0 Å². The standard InChI is InChI=1S/C10H7BrFN3O/c1-15-9(10(11)13-14-15)6-2-3-8(12)7(4-6)5-16/h2-5H,1H3. The largest absolute Gasteiger partial charge is 0.298 e. The Balaban J connectivity index is 2.61. The summed E-state index contributed by atoms with van der Waals surface area (Å²) in [5, 5.41) is 7.63. The van der Waals surface area contributed by atoms with Crippen molar-refractivity contribution in [3.63, 3.8) is 0 Å². The number of nitrogens with zero attached hydrogens (tertiary/aromatic N) is 3. The number of hydrogen-bond acceptors (Lipinski definition) is 3. The van der Waals surface area contributed by atoms with Crippen LogP contribution >= 0.6 is 15.9 Å². The zero-order valence-corrected chi connectivity index (χ0v) is 9.90. The van der Waals surface area contributed by atoms with Gasteiger partial charge in [0.1, 0.15) is 11.5 Å². The zero-order chi connectivity index (χ0) is 11.7. The Morgan fingerprint density at radius 2 is 2.25 bits per heavy atom. The summed E-state index contributed by atoms with van der Waals surface area (Å²) in [5.41, 5.74) is 1.40. The van der Waals surface area contributed by atoms with Crippen LogP contribution in [0.15, 0.2) is 22.8 Å². The van der Waals surface area contributed by atoms with E-state index in [1.807, 2.05) is 0 Å². The van der Waals surface area contributed by atoms with Crippen LogP contribution in [-0.4, -0.2) is 21.3 Å². The second-order valence-electron chi connectivity index (χ2n) is 3.21. The lowest BCUT2D eigenvalue weighted by atomic mass is 10.1. The number of halogens is 2. The van der Waals surface area contributed by atoms with Gasteiger partial charge in [-0.3, -0.25) is 4.79 Å². The Hall–Kier alpha value is -1.56. The molecular formula is C10H7BrFN3O. The number of aryl methyl sites for hydroxylation is 1. The molecule has 0 bridgehead atoms. The number of benzene rings is 1. The molecule has 1 heterocycles. The highest BCUT2D eigenvalue weighted by atomic mass is 79.9. The van der Waals surface area contributed by atoms with Crippen LogP contribution in [0.3, 0.4) is 0 Å². The van der Waals surface area contributed by atoms with E-state index in [2.05, 4.69) is 26.2 Å². The molecule has 0 unspecified atom stereocenters. The smallest absolute Gasteiger partial charge is 0.156 e. The molecule has 0 saturated heterocycles. The summed E-state index contributed by atoms with van der Waals surface area (Å²) >= 11 is 3.24. The molecule has 2 aromatic rings. The Labute approximate surface area is 99.2 Å². The van der Waals surface area contributed by atoms with Gasteiger partial charge in [0.25, 0.3) is 0 Å². The predicted molar refractivity (Wildman–Crippen MR) is 59.5 cm³/mol. The lowest BCUT2D eigenvalue weighted by Crippen LogP contribution is -1.96. The van der Waals surface area contributed by atoms with Gasteiger partial charge in [-0.25, -0.2) is 9.07 Å². The molecule has 0 aliphatic heterocycles. The van der Waals surface area contributed by atoms with Crippen molar-refractivity contribution in [2.24, 2.45) is 7.05 Å². The first-order valence-corrected chi connectivity index (χ1v) is 5.23. The Morgan fingerprint density at radius 3 is 2.81 bits per heavy atom. The average molecular weight is 284 g/mol. The molecule has 1 aromatic carbocycles. The summed E-state index contributed by atoms with van der Waals surface area (Å²) < 4.78 is 15.2. The quantitative estimate of drug-likeness (QED) is 0.794. The maximum atomic E-state index is 13.1. The van der Waals surface area contributed by atoms with Gasteiger partial charge in [-0.05, 0) is 34.1 Å². The van der Waals surface area contributed by atoms with Crippen molar-refractivity contribution in [1.29, 1.82) is 0 Å². The maximum Gasteiger partial charge on any atom is 0.156 e. The van der Waals surface area contributed by atoms with Gasteiger partial charge in [0.05, 0.1) is 5.56 Å². The molecule has 0 atom stereocenters. The van der Waals surface area contributed by atoms with E-state index >= 15 is 0 Å². The van der Waals surface area contributed by atoms with Gasteiger partial charge in [-0.2, -0.15) is 0 Å². The molecule has 0 aliphatic carbocycles. The molecule has 2 rings (SSSR count). The van der Waals surface area contributed by atoms with E-state index in [9.17, 15) is 9.18 Å². The third-order valence-electron chi connectivity index (χ3n) is 2.18. The molecule has 82 valence electrons. The number of aldehydes is 1. The van der Waals surface area contributed by atoms with E-state index in [4.69, 9.17) is 0 Å². The van der Waals surface area contributed by atoms with Crippen LogP contribution in [0.2, 0.25) is 0 Å². The summed E-state index contributed by atoms with van der Waals surface area (Å²) in [7, 11) is 1.72. The summed E-state index contributed by atoms with van der Waals surface area (Å²) in [6.07, 6.45) is 0.483. The first kappa shape index (κ1) is 10.9. The third-order valence-corrected chi connectivity index (χ3v) is 2.72. The minimum Gasteiger partial charge on any atom is -0.298 e. The Kier molecular flexibility index (Phi) is 2.82. The number of hydrogen-bond donors (Lipinski definition) is 0. The minimum atomic E-state index is -0.537. The minimum absolute atomic E-state index is 0.0191. The van der Waals surface area contributed by atoms with Crippen molar-refractivity contribution < 1.29 is 9.18 Å². The summed E-state index contributed by atoms with van der Waals surface area (Å²) in [6.45, 7) is 0. The van der Waals surface area contributed by atoms with Gasteiger partial charge in [-0.15, -0.1) is 5.10 Å². The van der Waals surface area contributed by atoms with Gasteiger partial charge in [0.15, 0.2) is 10.9 Å². The van der Waals surface area contributed by atoms with E-state index in [1.54, 1.807) is 17.8 Å².